The summed E-state index contributed by atoms with van der Waals surface area (Å²) in [5.74, 6) is -0.415. The van der Waals surface area contributed by atoms with Gasteiger partial charge in [0.15, 0.2) is 0 Å². The Morgan fingerprint density at radius 1 is 1.31 bits per heavy atom. The first-order valence-corrected chi connectivity index (χ1v) is 6.42. The van der Waals surface area contributed by atoms with Gasteiger partial charge in [-0.2, -0.15) is 0 Å². The summed E-state index contributed by atoms with van der Waals surface area (Å²) in [6, 6.07) is 3.15. The van der Waals surface area contributed by atoms with Gasteiger partial charge in [0.25, 0.3) is 0 Å². The molecule has 1 rings (SSSR count). The van der Waals surface area contributed by atoms with Gasteiger partial charge in [-0.3, -0.25) is 0 Å². The van der Waals surface area contributed by atoms with Crippen molar-refractivity contribution in [1.29, 1.82) is 0 Å². The van der Waals surface area contributed by atoms with Crippen LogP contribution < -0.4 is 0 Å². The highest BCUT2D eigenvalue weighted by Gasteiger charge is 2.21. The molecule has 16 heavy (non-hydrogen) atoms. The number of halogens is 3. The van der Waals surface area contributed by atoms with Crippen molar-refractivity contribution in [2.75, 3.05) is 0 Å². The summed E-state index contributed by atoms with van der Waals surface area (Å²) in [5, 5.41) is 0.875. The van der Waals surface area contributed by atoms with E-state index in [-0.39, 0.29) is 0 Å². The highest BCUT2D eigenvalue weighted by molar-refractivity contribution is 14.1. The van der Waals surface area contributed by atoms with Gasteiger partial charge >= 0.3 is 5.97 Å². The molecule has 0 heterocycles. The lowest BCUT2D eigenvalue weighted by Gasteiger charge is -2.20. The number of benzene rings is 1. The molecule has 2 nitrogen and oxygen atoms in total. The zero-order chi connectivity index (χ0) is 12.5. The van der Waals surface area contributed by atoms with E-state index in [1.165, 1.54) is 0 Å². The number of hydrogen-bond donors (Lipinski definition) is 0. The fourth-order valence-corrected chi connectivity index (χ4v) is 2.06. The Hall–Kier alpha value is -0.000000000000000111. The molecular weight excluding hydrogens is 362 g/mol. The van der Waals surface area contributed by atoms with Crippen LogP contribution >= 0.6 is 45.8 Å². The Labute approximate surface area is 118 Å². The van der Waals surface area contributed by atoms with Crippen LogP contribution in [0.1, 0.15) is 31.1 Å². The fraction of sp³-hybridized carbons (Fsp3) is 0.364. The zero-order valence-electron chi connectivity index (χ0n) is 9.11. The van der Waals surface area contributed by atoms with E-state index in [0.29, 0.717) is 19.2 Å². The van der Waals surface area contributed by atoms with Gasteiger partial charge in [-0.05, 0) is 55.5 Å². The molecule has 88 valence electrons. The van der Waals surface area contributed by atoms with Crippen molar-refractivity contribution in [1.82, 2.24) is 0 Å². The molecule has 0 saturated heterocycles. The van der Waals surface area contributed by atoms with E-state index in [9.17, 15) is 4.79 Å². The first-order chi connectivity index (χ1) is 7.20. The summed E-state index contributed by atoms with van der Waals surface area (Å²) in [7, 11) is 0. The second kappa shape index (κ2) is 5.10. The summed E-state index contributed by atoms with van der Waals surface area (Å²) >= 11 is 13.8. The molecule has 0 aliphatic heterocycles. The second-order valence-electron chi connectivity index (χ2n) is 4.25. The highest BCUT2D eigenvalue weighted by Crippen LogP contribution is 2.28. The number of hydrogen-bond acceptors (Lipinski definition) is 2. The molecule has 1 aromatic carbocycles. The minimum absolute atomic E-state index is 0.396. The van der Waals surface area contributed by atoms with E-state index in [1.807, 2.05) is 43.4 Å². The van der Waals surface area contributed by atoms with Gasteiger partial charge in [-0.15, -0.1) is 0 Å². The molecule has 0 aromatic heterocycles. The van der Waals surface area contributed by atoms with Crippen LogP contribution in [0.4, 0.5) is 0 Å². The lowest BCUT2D eigenvalue weighted by molar-refractivity contribution is 0.00683. The molecule has 0 fully saturated rings. The largest absolute Gasteiger partial charge is 0.456 e. The molecule has 0 unspecified atom stereocenters. The molecule has 1 aromatic rings. The van der Waals surface area contributed by atoms with Crippen molar-refractivity contribution in [2.24, 2.45) is 0 Å². The third-order valence-corrected chi connectivity index (χ3v) is 3.61. The Morgan fingerprint density at radius 2 is 1.88 bits per heavy atom. The number of ether oxygens (including phenoxy) is 1. The summed E-state index contributed by atoms with van der Waals surface area (Å²) in [6.45, 7) is 5.43. The molecule has 0 amide bonds. The predicted octanol–water partition coefficient (Wildman–Crippen LogP) is 4.55. The van der Waals surface area contributed by atoms with Crippen molar-refractivity contribution in [3.63, 3.8) is 0 Å². The minimum atomic E-state index is -0.533. The van der Waals surface area contributed by atoms with Gasteiger partial charge in [-0.1, -0.05) is 23.2 Å². The summed E-state index contributed by atoms with van der Waals surface area (Å²) < 4.78 is 5.90. The van der Waals surface area contributed by atoms with Crippen LogP contribution in [0.5, 0.6) is 0 Å². The van der Waals surface area contributed by atoms with Gasteiger partial charge in [0.1, 0.15) is 5.60 Å². The van der Waals surface area contributed by atoms with Gasteiger partial charge in [-0.25, -0.2) is 4.79 Å². The maximum Gasteiger partial charge on any atom is 0.339 e. The van der Waals surface area contributed by atoms with E-state index in [4.69, 9.17) is 27.9 Å². The lowest BCUT2D eigenvalue weighted by atomic mass is 10.1. The van der Waals surface area contributed by atoms with Crippen molar-refractivity contribution in [3.8, 4) is 0 Å². The van der Waals surface area contributed by atoms with Crippen LogP contribution in [0.3, 0.4) is 0 Å². The SMILES string of the molecule is CC(C)(C)OC(=O)c1cc(Cl)cc(Cl)c1I. The predicted molar refractivity (Wildman–Crippen MR) is 74.3 cm³/mol. The number of carbonyl (C=O) groups excluding carboxylic acids is 1. The molecule has 0 bridgehead atoms. The molecule has 0 aliphatic carbocycles. The van der Waals surface area contributed by atoms with Crippen molar-refractivity contribution >= 4 is 51.8 Å². The number of rotatable bonds is 1. The topological polar surface area (TPSA) is 26.3 Å². The Balaban J connectivity index is 3.09. The van der Waals surface area contributed by atoms with Gasteiger partial charge in [0, 0.05) is 8.59 Å². The molecular formula is C11H11Cl2IO2. The molecule has 0 aliphatic rings. The van der Waals surface area contributed by atoms with Gasteiger partial charge in [0.2, 0.25) is 0 Å². The van der Waals surface area contributed by atoms with Crippen LogP contribution in [0.25, 0.3) is 0 Å². The molecule has 0 spiro atoms. The molecule has 0 atom stereocenters. The average molecular weight is 373 g/mol. The van der Waals surface area contributed by atoms with E-state index < -0.39 is 11.6 Å². The van der Waals surface area contributed by atoms with Crippen molar-refractivity contribution in [2.45, 2.75) is 26.4 Å². The monoisotopic (exact) mass is 372 g/mol. The first-order valence-electron chi connectivity index (χ1n) is 4.58. The molecule has 0 radical (unpaired) electrons. The highest BCUT2D eigenvalue weighted by atomic mass is 127. The van der Waals surface area contributed by atoms with E-state index in [1.54, 1.807) is 12.1 Å². The van der Waals surface area contributed by atoms with Crippen LogP contribution in [0, 0.1) is 3.57 Å². The number of esters is 1. The summed E-state index contributed by atoms with van der Waals surface area (Å²) in [4.78, 5) is 11.8. The summed E-state index contributed by atoms with van der Waals surface area (Å²) in [5.41, 5.74) is -0.136. The zero-order valence-corrected chi connectivity index (χ0v) is 12.8. The smallest absolute Gasteiger partial charge is 0.339 e. The van der Waals surface area contributed by atoms with E-state index in [0.717, 1.165) is 0 Å². The third-order valence-electron chi connectivity index (χ3n) is 1.61. The van der Waals surface area contributed by atoms with E-state index >= 15 is 0 Å². The van der Waals surface area contributed by atoms with Gasteiger partial charge < -0.3 is 4.74 Å². The normalized spacial score (nSPS) is 11.4. The molecule has 0 N–H and O–H groups in total. The van der Waals surface area contributed by atoms with Gasteiger partial charge in [0.05, 0.1) is 10.6 Å². The Kier molecular flexibility index (Phi) is 4.49. The second-order valence-corrected chi connectivity index (χ2v) is 6.17. The van der Waals surface area contributed by atoms with Crippen molar-refractivity contribution in [3.05, 3.63) is 31.3 Å². The standard InChI is InChI=1S/C11H11Cl2IO2/c1-11(2,3)16-10(15)7-4-6(12)5-8(13)9(7)14/h4-5H,1-3H3. The van der Waals surface area contributed by atoms with Crippen LogP contribution in [-0.2, 0) is 4.74 Å². The molecule has 0 saturated carbocycles. The number of carbonyl (C=O) groups is 1. The van der Waals surface area contributed by atoms with E-state index in [2.05, 4.69) is 0 Å². The van der Waals surface area contributed by atoms with Crippen molar-refractivity contribution < 1.29 is 9.53 Å². The first kappa shape index (κ1) is 14.1. The van der Waals surface area contributed by atoms with Crippen LogP contribution in [-0.4, -0.2) is 11.6 Å². The fourth-order valence-electron chi connectivity index (χ4n) is 1.04. The Morgan fingerprint density at radius 3 is 2.38 bits per heavy atom. The third kappa shape index (κ3) is 3.79. The van der Waals surface area contributed by atoms with Crippen LogP contribution in [0.15, 0.2) is 12.1 Å². The lowest BCUT2D eigenvalue weighted by Crippen LogP contribution is -2.24. The quantitative estimate of drug-likeness (QED) is 0.410. The minimum Gasteiger partial charge on any atom is -0.456 e. The average Bonchev–Trinajstić information content (AvgIpc) is 2.08. The maximum atomic E-state index is 11.8. The molecule has 5 heteroatoms. The Bertz CT molecular complexity index is 425. The maximum absolute atomic E-state index is 11.8. The van der Waals surface area contributed by atoms with Crippen LogP contribution in [0.2, 0.25) is 10.0 Å². The summed E-state index contributed by atoms with van der Waals surface area (Å²) in [6.07, 6.45) is 0.